The van der Waals surface area contributed by atoms with Crippen LogP contribution in [0.15, 0.2) is 36.5 Å². The van der Waals surface area contributed by atoms with Crippen molar-refractivity contribution in [3.8, 4) is 0 Å². The fourth-order valence-corrected chi connectivity index (χ4v) is 4.21. The molecule has 1 amide bonds. The normalized spacial score (nSPS) is 16.0. The molecule has 7 heteroatoms. The van der Waals surface area contributed by atoms with Crippen molar-refractivity contribution in [2.75, 3.05) is 61.9 Å². The maximum Gasteiger partial charge on any atom is 0.259 e. The molecule has 0 unspecified atom stereocenters. The minimum Gasteiger partial charge on any atom is -0.384 e. The third-order valence-corrected chi connectivity index (χ3v) is 5.99. The van der Waals surface area contributed by atoms with E-state index in [4.69, 9.17) is 0 Å². The highest BCUT2D eigenvalue weighted by molar-refractivity contribution is 6.04. The molecular weight excluding hydrogens is 410 g/mol. The van der Waals surface area contributed by atoms with E-state index in [1.165, 1.54) is 24.1 Å². The number of nitrogens with one attached hydrogen (secondary N) is 1. The summed E-state index contributed by atoms with van der Waals surface area (Å²) in [4.78, 5) is 24.1. The second kappa shape index (κ2) is 10.2. The van der Waals surface area contributed by atoms with Gasteiger partial charge in [0.05, 0.1) is 5.69 Å². The van der Waals surface area contributed by atoms with Crippen LogP contribution in [-0.2, 0) is 0 Å². The maximum absolute atomic E-state index is 13.0. The third-order valence-electron chi connectivity index (χ3n) is 5.99. The van der Waals surface area contributed by atoms with Gasteiger partial charge < -0.3 is 20.0 Å². The molecule has 1 aromatic heterocycles. The van der Waals surface area contributed by atoms with Crippen molar-refractivity contribution in [3.05, 3.63) is 47.7 Å². The summed E-state index contributed by atoms with van der Waals surface area (Å²) < 4.78 is 0. The Hall–Kier alpha value is -2.47. The molecule has 1 aromatic carbocycles. The molecule has 1 aliphatic carbocycles. The van der Waals surface area contributed by atoms with Crippen LogP contribution in [0.5, 0.6) is 0 Å². The number of hydrogen-bond acceptors (Lipinski definition) is 5. The summed E-state index contributed by atoms with van der Waals surface area (Å²) in [7, 11) is 3.60. The highest BCUT2D eigenvalue weighted by Crippen LogP contribution is 2.44. The van der Waals surface area contributed by atoms with Crippen LogP contribution >= 0.6 is 12.4 Å². The zero-order valence-corrected chi connectivity index (χ0v) is 19.6. The first-order valence-electron chi connectivity index (χ1n) is 11.1. The van der Waals surface area contributed by atoms with Gasteiger partial charge in [0.15, 0.2) is 0 Å². The molecule has 0 radical (unpaired) electrons. The van der Waals surface area contributed by atoms with Gasteiger partial charge in [0.25, 0.3) is 5.91 Å². The first-order chi connectivity index (χ1) is 14.6. The second-order valence-corrected chi connectivity index (χ2v) is 8.49. The lowest BCUT2D eigenvalue weighted by molar-refractivity contribution is 0.0828. The zero-order valence-electron chi connectivity index (χ0n) is 18.8. The predicted octanol–water partition coefficient (Wildman–Crippen LogP) is 4.23. The van der Waals surface area contributed by atoms with Crippen LogP contribution in [0.25, 0.3) is 0 Å². The van der Waals surface area contributed by atoms with Crippen LogP contribution in [0, 0.1) is 0 Å². The van der Waals surface area contributed by atoms with E-state index < -0.39 is 0 Å². The standard InChI is InChI=1S/C24H33N5O.ClH/c1-4-12-25-20-11-13-26-23(22(20)24(30)27(2)3)29-16-14-28(15-17-29)21-8-6-5-7-19(21)18-9-10-18;/h5-8,11,13,18H,4,9-10,12,14-17H2,1-3H3,(H,25,26);1H. The number of hydrogen-bond donors (Lipinski definition) is 1. The maximum atomic E-state index is 13.0. The van der Waals surface area contributed by atoms with Crippen molar-refractivity contribution in [2.45, 2.75) is 32.1 Å². The van der Waals surface area contributed by atoms with Crippen LogP contribution in [0.3, 0.4) is 0 Å². The number of carbonyl (C=O) groups is 1. The Bertz CT molecular complexity index is 891. The Morgan fingerprint density at radius 2 is 1.77 bits per heavy atom. The molecule has 1 saturated heterocycles. The Labute approximate surface area is 192 Å². The number of nitrogens with zero attached hydrogens (tertiary/aromatic N) is 4. The highest BCUT2D eigenvalue weighted by atomic mass is 35.5. The summed E-state index contributed by atoms with van der Waals surface area (Å²) in [5.41, 5.74) is 4.44. The minimum atomic E-state index is -0.00166. The van der Waals surface area contributed by atoms with Gasteiger partial charge in [-0.25, -0.2) is 4.98 Å². The largest absolute Gasteiger partial charge is 0.384 e. The van der Waals surface area contributed by atoms with Crippen molar-refractivity contribution in [2.24, 2.45) is 0 Å². The fraction of sp³-hybridized carbons (Fsp3) is 0.500. The number of pyridine rings is 1. The quantitative estimate of drug-likeness (QED) is 0.693. The van der Waals surface area contributed by atoms with E-state index in [1.807, 2.05) is 12.3 Å². The second-order valence-electron chi connectivity index (χ2n) is 8.49. The molecular formula is C24H34ClN5O. The average molecular weight is 444 g/mol. The topological polar surface area (TPSA) is 51.7 Å². The number of anilines is 3. The molecule has 2 fully saturated rings. The molecule has 0 bridgehead atoms. The number of halogens is 1. The van der Waals surface area contributed by atoms with Crippen molar-refractivity contribution >= 4 is 35.5 Å². The van der Waals surface area contributed by atoms with Gasteiger partial charge in [0, 0.05) is 58.7 Å². The molecule has 1 aliphatic heterocycles. The summed E-state index contributed by atoms with van der Waals surface area (Å²) in [6, 6.07) is 10.8. The Morgan fingerprint density at radius 1 is 1.10 bits per heavy atom. The average Bonchev–Trinajstić information content (AvgIpc) is 3.62. The smallest absolute Gasteiger partial charge is 0.259 e. The zero-order chi connectivity index (χ0) is 21.1. The molecule has 1 N–H and O–H groups in total. The van der Waals surface area contributed by atoms with Crippen LogP contribution in [-0.4, -0.2) is 62.6 Å². The SMILES string of the molecule is CCCNc1ccnc(N2CCN(c3ccccc3C3CC3)CC2)c1C(=O)N(C)C.Cl. The van der Waals surface area contributed by atoms with Gasteiger partial charge in [0.1, 0.15) is 11.4 Å². The van der Waals surface area contributed by atoms with Crippen molar-refractivity contribution < 1.29 is 4.79 Å². The molecule has 6 nitrogen and oxygen atoms in total. The molecule has 4 rings (SSSR count). The van der Waals surface area contributed by atoms with Crippen molar-refractivity contribution in [3.63, 3.8) is 0 Å². The van der Waals surface area contributed by atoms with Crippen LogP contribution in [0.4, 0.5) is 17.2 Å². The van der Waals surface area contributed by atoms with Gasteiger partial charge >= 0.3 is 0 Å². The summed E-state index contributed by atoms with van der Waals surface area (Å²) in [5, 5.41) is 3.42. The fourth-order valence-electron chi connectivity index (χ4n) is 4.21. The lowest BCUT2D eigenvalue weighted by atomic mass is 10.1. The number of amides is 1. The molecule has 2 aliphatic rings. The van der Waals surface area contributed by atoms with Crippen molar-refractivity contribution in [1.29, 1.82) is 0 Å². The summed E-state index contributed by atoms with van der Waals surface area (Å²) in [6.07, 6.45) is 5.45. The molecule has 2 heterocycles. The number of benzene rings is 1. The Balaban J connectivity index is 0.00000272. The van der Waals surface area contributed by atoms with Crippen LogP contribution < -0.4 is 15.1 Å². The molecule has 2 aromatic rings. The highest BCUT2D eigenvalue weighted by Gasteiger charge is 2.30. The van der Waals surface area contributed by atoms with E-state index in [0.717, 1.165) is 56.6 Å². The van der Waals surface area contributed by atoms with E-state index in [1.54, 1.807) is 19.0 Å². The molecule has 0 spiro atoms. The van der Waals surface area contributed by atoms with E-state index in [0.29, 0.717) is 5.56 Å². The number of aromatic nitrogens is 1. The van der Waals surface area contributed by atoms with Crippen molar-refractivity contribution in [1.82, 2.24) is 9.88 Å². The van der Waals surface area contributed by atoms with Gasteiger partial charge in [-0.15, -0.1) is 12.4 Å². The van der Waals surface area contributed by atoms with E-state index >= 15 is 0 Å². The number of para-hydroxylation sites is 1. The van der Waals surface area contributed by atoms with Gasteiger partial charge in [-0.3, -0.25) is 4.79 Å². The summed E-state index contributed by atoms with van der Waals surface area (Å²) in [5.74, 6) is 1.54. The number of piperazine rings is 1. The number of rotatable bonds is 7. The van der Waals surface area contributed by atoms with Gasteiger partial charge in [-0.2, -0.15) is 0 Å². The van der Waals surface area contributed by atoms with Gasteiger partial charge in [0.2, 0.25) is 0 Å². The minimum absolute atomic E-state index is 0. The summed E-state index contributed by atoms with van der Waals surface area (Å²) >= 11 is 0. The predicted molar refractivity (Wildman–Crippen MR) is 131 cm³/mol. The molecule has 0 atom stereocenters. The summed E-state index contributed by atoms with van der Waals surface area (Å²) in [6.45, 7) is 6.55. The molecule has 168 valence electrons. The van der Waals surface area contributed by atoms with Crippen LogP contribution in [0.2, 0.25) is 0 Å². The van der Waals surface area contributed by atoms with E-state index in [9.17, 15) is 4.79 Å². The first-order valence-corrected chi connectivity index (χ1v) is 11.1. The molecule has 1 saturated carbocycles. The monoisotopic (exact) mass is 443 g/mol. The first kappa shape index (κ1) is 23.2. The Morgan fingerprint density at radius 3 is 2.42 bits per heavy atom. The number of carbonyl (C=O) groups excluding carboxylic acids is 1. The third kappa shape index (κ3) is 5.06. The van der Waals surface area contributed by atoms with Gasteiger partial charge in [-0.05, 0) is 42.9 Å². The van der Waals surface area contributed by atoms with Gasteiger partial charge in [-0.1, -0.05) is 25.1 Å². The molecule has 31 heavy (non-hydrogen) atoms. The van der Waals surface area contributed by atoms with Crippen LogP contribution in [0.1, 0.15) is 48.0 Å². The van der Waals surface area contributed by atoms with E-state index in [2.05, 4.69) is 51.3 Å². The van der Waals surface area contributed by atoms with E-state index in [-0.39, 0.29) is 18.3 Å². The lowest BCUT2D eigenvalue weighted by Crippen LogP contribution is -2.47. The Kier molecular flexibility index (Phi) is 7.65. The lowest BCUT2D eigenvalue weighted by Gasteiger charge is -2.38.